The van der Waals surface area contributed by atoms with Gasteiger partial charge in [-0.15, -0.1) is 11.6 Å². The molecule has 1 aliphatic heterocycles. The molecule has 1 saturated heterocycles. The summed E-state index contributed by atoms with van der Waals surface area (Å²) >= 11 is 5.93. The van der Waals surface area contributed by atoms with Gasteiger partial charge in [0.1, 0.15) is 54.6 Å². The smallest absolute Gasteiger partial charge is 0.335 e. The van der Waals surface area contributed by atoms with E-state index in [0.29, 0.717) is 13.0 Å². The molecule has 1 heterocycles. The van der Waals surface area contributed by atoms with Crippen molar-refractivity contribution in [2.45, 2.75) is 203 Å². The molecule has 0 aromatic rings. The van der Waals surface area contributed by atoms with Crippen molar-refractivity contribution in [1.82, 2.24) is 58.1 Å². The van der Waals surface area contributed by atoms with Crippen molar-refractivity contribution in [3.8, 4) is 0 Å². The van der Waals surface area contributed by atoms with Crippen molar-refractivity contribution in [2.75, 3.05) is 59.3 Å². The Bertz CT molecular complexity index is 2300. The minimum Gasteiger partial charge on any atom is -0.479 e. The molecule has 21 N–H and O–H groups in total. The summed E-state index contributed by atoms with van der Waals surface area (Å²) in [4.78, 5) is 168. The maximum atomic E-state index is 14.4. The van der Waals surface area contributed by atoms with E-state index in [-0.39, 0.29) is 51.9 Å². The number of carbonyl (C=O) groups is 12. The maximum Gasteiger partial charge on any atom is 0.335 e. The summed E-state index contributed by atoms with van der Waals surface area (Å²) in [6.45, 7) is 3.07. The molecule has 1 aliphatic rings. The fourth-order valence-corrected chi connectivity index (χ4v) is 8.91. The number of hydrogen-bond acceptors (Lipinski definition) is 21. The van der Waals surface area contributed by atoms with Crippen LogP contribution in [0.3, 0.4) is 0 Å². The molecule has 1 rings (SSSR count). The predicted octanol–water partition coefficient (Wildman–Crippen LogP) is -5.57. The minimum atomic E-state index is -2.75. The molecule has 0 aliphatic carbocycles. The highest BCUT2D eigenvalue weighted by Gasteiger charge is 2.40. The third-order valence-corrected chi connectivity index (χ3v) is 14.2. The van der Waals surface area contributed by atoms with Crippen LogP contribution in [0.5, 0.6) is 0 Å². The number of carboxylic acids is 1. The summed E-state index contributed by atoms with van der Waals surface area (Å²) < 4.78 is 5.40. The largest absolute Gasteiger partial charge is 0.479 e. The number of cyclic esters (lactones) is 1. The van der Waals surface area contributed by atoms with Crippen LogP contribution in [0.2, 0.25) is 0 Å². The number of carbonyl (C=O) groups excluding carboxylic acids is 11. The van der Waals surface area contributed by atoms with Gasteiger partial charge in [0.05, 0.1) is 37.0 Å². The second-order valence-corrected chi connectivity index (χ2v) is 21.9. The first-order valence-electron chi connectivity index (χ1n) is 29.8. The maximum absolute atomic E-state index is 14.4. The number of aliphatic hydroxyl groups excluding tert-OH is 4. The number of halogens is 1. The molecule has 502 valence electrons. The minimum absolute atomic E-state index is 0.0481. The number of likely N-dealkylation sites (N-methyl/N-ethyl adjacent to an activating group) is 1. The summed E-state index contributed by atoms with van der Waals surface area (Å²) in [7, 11) is 3.43. The van der Waals surface area contributed by atoms with Gasteiger partial charge >= 0.3 is 11.9 Å². The van der Waals surface area contributed by atoms with Gasteiger partial charge in [0.15, 0.2) is 12.1 Å². The molecule has 0 aromatic carbocycles. The first-order valence-corrected chi connectivity index (χ1v) is 30.3. The van der Waals surface area contributed by atoms with E-state index in [1.807, 2.05) is 0 Å². The quantitative estimate of drug-likeness (QED) is 0.0133. The fourth-order valence-electron chi connectivity index (χ4n) is 8.73. The third-order valence-electron chi connectivity index (χ3n) is 13.9. The number of ether oxygens (including phenoxy) is 1. The molecule has 12 atom stereocenters. The highest BCUT2D eigenvalue weighted by Crippen LogP contribution is 2.14. The number of rotatable bonds is 31. The van der Waals surface area contributed by atoms with E-state index < -0.39 is 188 Å². The topological polar surface area (TPSA) is 517 Å². The van der Waals surface area contributed by atoms with Crippen molar-refractivity contribution in [2.24, 2.45) is 17.2 Å². The zero-order valence-corrected chi connectivity index (χ0v) is 51.8. The zero-order valence-electron chi connectivity index (χ0n) is 51.1. The number of esters is 1. The average molecular weight is 1280 g/mol. The van der Waals surface area contributed by atoms with Crippen molar-refractivity contribution >= 4 is 82.6 Å². The number of allylic oxidation sites excluding steroid dienone is 1. The molecule has 0 aromatic heterocycles. The number of aliphatic carboxylic acids is 1. The number of nitrogens with zero attached hydrogens (tertiary/aromatic N) is 1. The molecule has 0 bridgehead atoms. The SMILES string of the molecule is C/C=C1/NC(=O)C([C@H](C)O)NC(=O)[C@H](CCN)NC(=O)C([C@H](O)C(=O)O)NC(=O)C(CCCCN)NC(=O)[C@H](CC(=O)NCCN(C)C)NC(=O)C(CCN)NC(=O)C(NC(=O)C[C@H](O)CCCCCCCCCCC)COC(=O)C([C@H](O)CCl)NC1=O. The van der Waals surface area contributed by atoms with E-state index in [1.54, 1.807) is 19.0 Å². The molecule has 1 fully saturated rings. The lowest BCUT2D eigenvalue weighted by Gasteiger charge is -2.29. The lowest BCUT2D eigenvalue weighted by atomic mass is 10.0. The molecule has 0 radical (unpaired) electrons. The second kappa shape index (κ2) is 43.9. The standard InChI is InChI=1S/C55H97ClN14O18/c1-6-8-9-10-11-12-13-14-15-18-32(72)27-41(75)61-38-30-88-55(87)43(39(73)29-56)68-46(77)33(7-2)62-52(83)42(31(3)71)67-49(80)36(21-24-59)65-53(84)44(45(76)54(85)86)69-48(79)34(19-16-17-22-57)63-50(81)37(28-40(74)60-25-26-70(4)5)66-47(78)35(20-23-58)64-51(38)82/h7,31-32,34-39,42-45,71-73,76H,6,8-30,57-59H2,1-5H3,(H,60,74)(H,61,75)(H,62,83)(H,63,81)(H,64,82)(H,65,84)(H,66,78)(H,67,80)(H,68,77)(H,69,79)(H,85,86)/b33-7+/t31-,32+,34?,35?,36-,37-,38?,39+,42?,43?,44?,45-/m0/s1. The first kappa shape index (κ1) is 79.4. The van der Waals surface area contributed by atoms with Gasteiger partial charge in [-0.2, -0.15) is 0 Å². The Morgan fingerprint density at radius 1 is 0.648 bits per heavy atom. The predicted molar refractivity (Wildman–Crippen MR) is 319 cm³/mol. The summed E-state index contributed by atoms with van der Waals surface area (Å²) in [6, 6.07) is -15.6. The molecule has 33 heteroatoms. The molecule has 0 spiro atoms. The monoisotopic (exact) mass is 1280 g/mol. The van der Waals surface area contributed by atoms with Crippen molar-refractivity contribution in [1.29, 1.82) is 0 Å². The van der Waals surface area contributed by atoms with Crippen molar-refractivity contribution in [3.05, 3.63) is 11.8 Å². The summed E-state index contributed by atoms with van der Waals surface area (Å²) in [5.41, 5.74) is 16.7. The van der Waals surface area contributed by atoms with Crippen LogP contribution in [-0.4, -0.2) is 233 Å². The summed E-state index contributed by atoms with van der Waals surface area (Å²) in [5.74, 6) is -16.3. The molecule has 0 saturated carbocycles. The van der Waals surface area contributed by atoms with E-state index in [9.17, 15) is 83.1 Å². The number of nitrogens with two attached hydrogens (primary N) is 3. The summed E-state index contributed by atoms with van der Waals surface area (Å²) in [5, 5.41) is 76.0. The van der Waals surface area contributed by atoms with Gasteiger partial charge in [-0.05, 0) is 86.1 Å². The van der Waals surface area contributed by atoms with E-state index in [0.717, 1.165) is 64.4 Å². The van der Waals surface area contributed by atoms with Crippen molar-refractivity contribution < 1.29 is 87.8 Å². The Hall–Kier alpha value is -6.65. The highest BCUT2D eigenvalue weighted by atomic mass is 35.5. The second-order valence-electron chi connectivity index (χ2n) is 21.6. The van der Waals surface area contributed by atoms with Crippen LogP contribution in [0.25, 0.3) is 0 Å². The van der Waals surface area contributed by atoms with Gasteiger partial charge in [-0.1, -0.05) is 70.8 Å². The van der Waals surface area contributed by atoms with Crippen molar-refractivity contribution in [3.63, 3.8) is 0 Å². The zero-order chi connectivity index (χ0) is 66.5. The Morgan fingerprint density at radius 3 is 1.70 bits per heavy atom. The van der Waals surface area contributed by atoms with Gasteiger partial charge in [-0.25, -0.2) is 9.59 Å². The summed E-state index contributed by atoms with van der Waals surface area (Å²) in [6.07, 6.45) is 0.184. The lowest BCUT2D eigenvalue weighted by Crippen LogP contribution is -2.63. The number of alkyl halides is 1. The van der Waals surface area contributed by atoms with E-state index in [4.69, 9.17) is 33.5 Å². The van der Waals surface area contributed by atoms with Gasteiger partial charge in [0.2, 0.25) is 53.2 Å². The number of unbranched alkanes of at least 4 members (excludes halogenated alkanes) is 9. The third kappa shape index (κ3) is 30.5. The van der Waals surface area contributed by atoms with Crippen LogP contribution in [0, 0.1) is 0 Å². The molecular weight excluding hydrogens is 1180 g/mol. The number of hydrogen-bond donors (Lipinski definition) is 18. The van der Waals surface area contributed by atoms with Gasteiger partial charge in [0, 0.05) is 13.1 Å². The van der Waals surface area contributed by atoms with Crippen LogP contribution >= 0.6 is 11.6 Å². The first-order chi connectivity index (χ1) is 41.7. The fraction of sp³-hybridized carbons (Fsp3) is 0.745. The molecule has 6 unspecified atom stereocenters. The van der Waals surface area contributed by atoms with Gasteiger partial charge < -0.3 is 106 Å². The number of nitrogens with one attached hydrogen (secondary N) is 10. The van der Waals surface area contributed by atoms with Crippen LogP contribution in [0.4, 0.5) is 0 Å². The Morgan fingerprint density at radius 2 is 1.17 bits per heavy atom. The van der Waals surface area contributed by atoms with E-state index in [2.05, 4.69) is 60.1 Å². The Balaban J connectivity index is 4.11. The number of carboxylic acid groups (broad SMARTS) is 1. The number of aliphatic hydroxyl groups is 4. The normalized spacial score (nSPS) is 23.8. The molecule has 88 heavy (non-hydrogen) atoms. The molecule has 32 nitrogen and oxygen atoms in total. The average Bonchev–Trinajstić information content (AvgIpc) is 1.80. The Kier molecular flexibility index (Phi) is 39.6. The highest BCUT2D eigenvalue weighted by molar-refractivity contribution is 6.18. The Labute approximate surface area is 517 Å². The van der Waals surface area contributed by atoms with E-state index >= 15 is 0 Å². The van der Waals surface area contributed by atoms with Crippen LogP contribution in [0.1, 0.15) is 130 Å². The van der Waals surface area contributed by atoms with E-state index in [1.165, 1.54) is 6.92 Å². The lowest BCUT2D eigenvalue weighted by molar-refractivity contribution is -0.153. The van der Waals surface area contributed by atoms with Gasteiger partial charge in [-0.3, -0.25) is 47.9 Å². The van der Waals surface area contributed by atoms with Crippen LogP contribution in [-0.2, 0) is 62.3 Å². The molecular formula is C55H97ClN14O18. The number of amides is 10. The van der Waals surface area contributed by atoms with Crippen LogP contribution in [0.15, 0.2) is 11.8 Å². The van der Waals surface area contributed by atoms with Gasteiger partial charge in [0.25, 0.3) is 5.91 Å². The molecule has 10 amide bonds. The van der Waals surface area contributed by atoms with Crippen LogP contribution < -0.4 is 70.4 Å².